The second-order valence-corrected chi connectivity index (χ2v) is 8.52. The molecular weight excluding hydrogens is 521 g/mol. The van der Waals surface area contributed by atoms with Crippen LogP contribution < -0.4 is 15.8 Å². The number of ether oxygens (including phenoxy) is 1. The summed E-state index contributed by atoms with van der Waals surface area (Å²) in [6.45, 7) is -0.857. The molecule has 2 aromatic carbocycles. The number of β-lactam (4-membered cyclic amide) rings is 2. The number of imide groups is 1. The molecule has 202 valence electrons. The van der Waals surface area contributed by atoms with E-state index in [0.29, 0.717) is 16.0 Å². The molecule has 1 N–H and O–H groups in total. The lowest BCUT2D eigenvalue weighted by atomic mass is 10.0. The number of aromatic nitrogens is 2. The van der Waals surface area contributed by atoms with Crippen molar-refractivity contribution in [2.75, 3.05) is 12.0 Å². The highest BCUT2D eigenvalue weighted by Gasteiger charge is 2.49. The number of ketones is 1. The minimum Gasteiger partial charge on any atom is -0.362 e. The summed E-state index contributed by atoms with van der Waals surface area (Å²) in [4.78, 5) is 67.8. The molecule has 1 aliphatic heterocycles. The molecule has 3 aromatic rings. The normalized spacial score (nSPS) is 14.6. The van der Waals surface area contributed by atoms with Crippen molar-refractivity contribution >= 4 is 29.2 Å². The Balaban J connectivity index is 1.69. The fourth-order valence-corrected chi connectivity index (χ4v) is 4.06. The number of carbonyl (C=O) groups excluding carboxylic acids is 4. The van der Waals surface area contributed by atoms with Gasteiger partial charge in [-0.15, -0.1) is 0 Å². The van der Waals surface area contributed by atoms with Gasteiger partial charge in [0.1, 0.15) is 24.1 Å². The van der Waals surface area contributed by atoms with E-state index in [1.165, 1.54) is 12.1 Å². The van der Waals surface area contributed by atoms with Gasteiger partial charge in [-0.2, -0.15) is 13.2 Å². The maximum absolute atomic E-state index is 13.4. The Morgan fingerprint density at radius 1 is 1.00 bits per heavy atom. The molecule has 39 heavy (non-hydrogen) atoms. The third-order valence-electron chi connectivity index (χ3n) is 5.94. The fourth-order valence-electron chi connectivity index (χ4n) is 4.06. The van der Waals surface area contributed by atoms with Crippen LogP contribution in [0.1, 0.15) is 5.56 Å². The van der Waals surface area contributed by atoms with E-state index in [0.717, 1.165) is 17.9 Å². The van der Waals surface area contributed by atoms with E-state index < -0.39 is 66.0 Å². The average Bonchev–Trinajstić information content (AvgIpc) is 2.91. The van der Waals surface area contributed by atoms with Crippen molar-refractivity contribution in [3.8, 4) is 11.4 Å². The van der Waals surface area contributed by atoms with Crippen LogP contribution in [-0.2, 0) is 36.9 Å². The smallest absolute Gasteiger partial charge is 0.362 e. The van der Waals surface area contributed by atoms with E-state index >= 15 is 0 Å². The number of hydrogen-bond donors (Lipinski definition) is 1. The van der Waals surface area contributed by atoms with Crippen LogP contribution in [0.5, 0.6) is 0 Å². The number of alkyl halides is 3. The number of nitrogens with one attached hydrogen (secondary N) is 1. The van der Waals surface area contributed by atoms with Gasteiger partial charge in [0.25, 0.3) is 23.2 Å². The number of carbonyl (C=O) groups is 4. The van der Waals surface area contributed by atoms with Gasteiger partial charge in [-0.05, 0) is 5.56 Å². The van der Waals surface area contributed by atoms with Gasteiger partial charge in [0.05, 0.1) is 6.20 Å². The second kappa shape index (κ2) is 11.0. The van der Waals surface area contributed by atoms with E-state index in [9.17, 15) is 37.1 Å². The monoisotopic (exact) mass is 542 g/mol. The molecule has 10 nitrogen and oxygen atoms in total. The molecule has 3 amide bonds. The molecular formula is C26H21F3N4O6. The fraction of sp³-hybridized carbons (Fsp3) is 0.231. The maximum atomic E-state index is 13.4. The number of Topliss-reactive ketones (excluding diaryl/α,β-unsaturated/α-hetero) is 1. The van der Waals surface area contributed by atoms with E-state index in [-0.39, 0.29) is 5.82 Å². The van der Waals surface area contributed by atoms with Crippen LogP contribution in [-0.4, -0.2) is 58.5 Å². The predicted molar refractivity (Wildman–Crippen MR) is 130 cm³/mol. The number of benzene rings is 2. The van der Waals surface area contributed by atoms with Gasteiger partial charge in [-0.3, -0.25) is 28.5 Å². The van der Waals surface area contributed by atoms with Gasteiger partial charge in [0.15, 0.2) is 0 Å². The molecule has 0 spiro atoms. The lowest BCUT2D eigenvalue weighted by molar-refractivity contribution is -0.173. The molecule has 0 aliphatic carbocycles. The van der Waals surface area contributed by atoms with Gasteiger partial charge in [-0.25, -0.2) is 9.88 Å². The van der Waals surface area contributed by atoms with Gasteiger partial charge < -0.3 is 10.1 Å². The number of anilines is 1. The summed E-state index contributed by atoms with van der Waals surface area (Å²) in [5.74, 6) is -4.94. The average molecular weight is 542 g/mol. The summed E-state index contributed by atoms with van der Waals surface area (Å²) in [6, 6.07) is 13.9. The third-order valence-corrected chi connectivity index (χ3v) is 5.94. The standard InChI is InChI=1S/C26H21F3N4O6/c1-39-20-24(37)33(25(20)38)18-13-30-22(16-10-6-3-7-11-16)32(23(18)36)14-19(34)31-17(21(35)26(27,28)29)12-15-8-4-2-5-9-15/h2-11,13,17,20H,12,14H2,1H3,(H,31,34). The van der Waals surface area contributed by atoms with Crippen LogP contribution in [0.25, 0.3) is 11.4 Å². The molecule has 1 aromatic heterocycles. The lowest BCUT2D eigenvalue weighted by Gasteiger charge is -2.34. The van der Waals surface area contributed by atoms with Crippen molar-refractivity contribution in [2.45, 2.75) is 31.3 Å². The topological polar surface area (TPSA) is 128 Å². The van der Waals surface area contributed by atoms with E-state index in [2.05, 4.69) is 10.3 Å². The van der Waals surface area contributed by atoms with Crippen LogP contribution in [0.2, 0.25) is 0 Å². The molecule has 1 atom stereocenters. The molecule has 0 radical (unpaired) electrons. The second-order valence-electron chi connectivity index (χ2n) is 8.52. The third kappa shape index (κ3) is 5.62. The first-order valence-corrected chi connectivity index (χ1v) is 11.5. The van der Waals surface area contributed by atoms with Crippen molar-refractivity contribution < 1.29 is 37.1 Å². The van der Waals surface area contributed by atoms with Crippen molar-refractivity contribution in [3.63, 3.8) is 0 Å². The summed E-state index contributed by atoms with van der Waals surface area (Å²) in [5.41, 5.74) is -0.694. The van der Waals surface area contributed by atoms with Gasteiger partial charge >= 0.3 is 6.18 Å². The zero-order valence-electron chi connectivity index (χ0n) is 20.3. The predicted octanol–water partition coefficient (Wildman–Crippen LogP) is 1.66. The van der Waals surface area contributed by atoms with Crippen LogP contribution in [0, 0.1) is 0 Å². The quantitative estimate of drug-likeness (QED) is 0.322. The number of rotatable bonds is 9. The highest BCUT2D eigenvalue weighted by Crippen LogP contribution is 2.24. The van der Waals surface area contributed by atoms with Gasteiger partial charge in [0, 0.05) is 19.1 Å². The molecule has 1 saturated heterocycles. The molecule has 13 heteroatoms. The first-order chi connectivity index (χ1) is 18.5. The molecule has 0 saturated carbocycles. The SMILES string of the molecule is COC1C(=O)N(c2cnc(-c3ccccc3)n(CC(=O)NC(Cc3ccccc3)C(=O)C(F)(F)F)c2=O)C1=O. The number of amides is 3. The van der Waals surface area contributed by atoms with E-state index in [1.54, 1.807) is 48.5 Å². The summed E-state index contributed by atoms with van der Waals surface area (Å²) < 4.78 is 45.5. The number of hydrogen-bond acceptors (Lipinski definition) is 7. The largest absolute Gasteiger partial charge is 0.452 e. The van der Waals surface area contributed by atoms with Crippen LogP contribution >= 0.6 is 0 Å². The number of methoxy groups -OCH3 is 1. The molecule has 1 aliphatic rings. The Kier molecular flexibility index (Phi) is 7.72. The maximum Gasteiger partial charge on any atom is 0.452 e. The Morgan fingerprint density at radius 2 is 1.59 bits per heavy atom. The number of halogens is 3. The summed E-state index contributed by atoms with van der Waals surface area (Å²) >= 11 is 0. The van der Waals surface area contributed by atoms with Crippen molar-refractivity contribution in [1.82, 2.24) is 14.9 Å². The highest BCUT2D eigenvalue weighted by molar-refractivity contribution is 6.35. The highest BCUT2D eigenvalue weighted by atomic mass is 19.4. The van der Waals surface area contributed by atoms with Crippen molar-refractivity contribution in [1.29, 1.82) is 0 Å². The van der Waals surface area contributed by atoms with Gasteiger partial charge in [-0.1, -0.05) is 60.7 Å². The number of nitrogens with zero attached hydrogens (tertiary/aromatic N) is 3. The van der Waals surface area contributed by atoms with Crippen molar-refractivity contribution in [3.05, 3.63) is 82.8 Å². The first-order valence-electron chi connectivity index (χ1n) is 11.5. The molecule has 0 bridgehead atoms. The minimum atomic E-state index is -5.23. The van der Waals surface area contributed by atoms with Gasteiger partial charge in [0.2, 0.25) is 12.0 Å². The Bertz CT molecular complexity index is 1460. The van der Waals surface area contributed by atoms with Crippen LogP contribution in [0.3, 0.4) is 0 Å². The van der Waals surface area contributed by atoms with Crippen molar-refractivity contribution in [2.24, 2.45) is 0 Å². The lowest BCUT2D eigenvalue weighted by Crippen LogP contribution is -2.64. The van der Waals surface area contributed by atoms with Crippen LogP contribution in [0.4, 0.5) is 18.9 Å². The molecule has 2 heterocycles. The Labute approximate surface area is 219 Å². The van der Waals surface area contributed by atoms with E-state index in [4.69, 9.17) is 4.74 Å². The minimum absolute atomic E-state index is 0.0510. The zero-order valence-corrected chi connectivity index (χ0v) is 20.3. The summed E-state index contributed by atoms with van der Waals surface area (Å²) in [7, 11) is 1.14. The summed E-state index contributed by atoms with van der Waals surface area (Å²) in [6.07, 6.45) is -6.07. The van der Waals surface area contributed by atoms with Crippen LogP contribution in [0.15, 0.2) is 71.7 Å². The molecule has 1 unspecified atom stereocenters. The zero-order chi connectivity index (χ0) is 28.3. The molecule has 1 fully saturated rings. The molecule has 4 rings (SSSR count). The summed E-state index contributed by atoms with van der Waals surface area (Å²) in [5, 5.41) is 2.07. The Hall–Kier alpha value is -4.65. The Morgan fingerprint density at radius 3 is 2.15 bits per heavy atom. The van der Waals surface area contributed by atoms with E-state index in [1.807, 2.05) is 0 Å². The first kappa shape index (κ1) is 27.4.